The molecule has 6 nitrogen and oxygen atoms in total. The minimum atomic E-state index is -2.69. The third-order valence-electron chi connectivity index (χ3n) is 1.95. The minimum absolute atomic E-state index is 0.200. The number of hydrogen-bond donors (Lipinski definition) is 3. The monoisotopic (exact) mass is 211 g/mol. The van der Waals surface area contributed by atoms with Crippen molar-refractivity contribution in [2.75, 3.05) is 6.61 Å². The van der Waals surface area contributed by atoms with Crippen LogP contribution in [0.5, 0.6) is 0 Å². The molecule has 76 valence electrons. The van der Waals surface area contributed by atoms with Crippen molar-refractivity contribution in [3.63, 3.8) is 0 Å². The van der Waals surface area contributed by atoms with Crippen LogP contribution in [0.4, 0.5) is 0 Å². The van der Waals surface area contributed by atoms with Crippen LogP contribution in [0, 0.1) is 0 Å². The van der Waals surface area contributed by atoms with Gasteiger partial charge in [-0.2, -0.15) is 0 Å². The first-order chi connectivity index (χ1) is 6.02. The van der Waals surface area contributed by atoms with Gasteiger partial charge < -0.3 is 14.9 Å². The second-order valence-corrected chi connectivity index (χ2v) is 3.63. The molecule has 0 bridgehead atoms. The van der Waals surface area contributed by atoms with Gasteiger partial charge in [0, 0.05) is 4.57 Å². The van der Waals surface area contributed by atoms with Gasteiger partial charge in [0.15, 0.2) is 0 Å². The van der Waals surface area contributed by atoms with Gasteiger partial charge >= 0.3 is 8.25 Å². The molecule has 0 radical (unpaired) electrons. The molecule has 1 saturated heterocycles. The Hall–Kier alpha value is -0.100. The normalized spacial score (nSPS) is 40.8. The molecule has 7 heteroatoms. The number of hydrogen-bond acceptors (Lipinski definition) is 5. The van der Waals surface area contributed by atoms with Gasteiger partial charge in [0.25, 0.3) is 0 Å². The Morgan fingerprint density at radius 2 is 2.08 bits per heavy atom. The van der Waals surface area contributed by atoms with Crippen LogP contribution in [0.3, 0.4) is 0 Å². The van der Waals surface area contributed by atoms with Crippen molar-refractivity contribution >= 4 is 8.25 Å². The van der Waals surface area contributed by atoms with Crippen molar-refractivity contribution in [3.8, 4) is 0 Å². The van der Waals surface area contributed by atoms with Gasteiger partial charge in [-0.05, 0) is 6.92 Å². The van der Waals surface area contributed by atoms with E-state index < -0.39 is 32.7 Å². The Kier molecular flexibility index (Phi) is 3.73. The second kappa shape index (κ2) is 4.41. The van der Waals surface area contributed by atoms with Gasteiger partial charge in [-0.15, -0.1) is 9.42 Å². The quantitative estimate of drug-likeness (QED) is 0.527. The highest BCUT2D eigenvalue weighted by atomic mass is 31.1. The van der Waals surface area contributed by atoms with E-state index in [4.69, 9.17) is 9.63 Å². The SMILES string of the molecule is C[C@@H]1O[C@H](CO[P+](=O)O)[C@@H](O)[C@H]1O. The molecule has 0 aromatic carbocycles. The fourth-order valence-corrected chi connectivity index (χ4v) is 1.48. The van der Waals surface area contributed by atoms with Crippen molar-refractivity contribution in [1.29, 1.82) is 0 Å². The molecule has 1 aliphatic rings. The summed E-state index contributed by atoms with van der Waals surface area (Å²) in [6.07, 6.45) is -3.26. The van der Waals surface area contributed by atoms with E-state index in [-0.39, 0.29) is 6.61 Å². The molecule has 3 N–H and O–H groups in total. The van der Waals surface area contributed by atoms with Crippen LogP contribution in [0.1, 0.15) is 6.92 Å². The molecule has 1 fully saturated rings. The van der Waals surface area contributed by atoms with E-state index in [1.807, 2.05) is 0 Å². The van der Waals surface area contributed by atoms with Gasteiger partial charge in [-0.25, -0.2) is 0 Å². The van der Waals surface area contributed by atoms with Crippen LogP contribution in [0.2, 0.25) is 0 Å². The average molecular weight is 211 g/mol. The summed E-state index contributed by atoms with van der Waals surface area (Å²) in [5.41, 5.74) is 0. The lowest BCUT2D eigenvalue weighted by Gasteiger charge is -2.10. The molecular formula is C6H12O6P+. The fourth-order valence-electron chi connectivity index (χ4n) is 1.21. The highest BCUT2D eigenvalue weighted by Gasteiger charge is 2.41. The van der Waals surface area contributed by atoms with Gasteiger partial charge in [0.1, 0.15) is 24.9 Å². The highest BCUT2D eigenvalue weighted by Crippen LogP contribution is 2.24. The van der Waals surface area contributed by atoms with Crippen LogP contribution < -0.4 is 0 Å². The van der Waals surface area contributed by atoms with Gasteiger partial charge in [-0.3, -0.25) is 0 Å². The zero-order valence-corrected chi connectivity index (χ0v) is 7.92. The Labute approximate surface area is 76.0 Å². The van der Waals surface area contributed by atoms with Crippen molar-refractivity contribution < 1.29 is 28.9 Å². The topological polar surface area (TPSA) is 96.2 Å². The van der Waals surface area contributed by atoms with Crippen molar-refractivity contribution in [2.24, 2.45) is 0 Å². The smallest absolute Gasteiger partial charge is 0.388 e. The number of rotatable bonds is 3. The summed E-state index contributed by atoms with van der Waals surface area (Å²) in [7, 11) is -2.69. The zero-order valence-electron chi connectivity index (χ0n) is 7.03. The maximum Gasteiger partial charge on any atom is 0.694 e. The predicted molar refractivity (Wildman–Crippen MR) is 42.1 cm³/mol. The first-order valence-corrected chi connectivity index (χ1v) is 4.96. The molecule has 0 amide bonds. The molecule has 5 atom stereocenters. The van der Waals surface area contributed by atoms with Crippen LogP contribution in [0.25, 0.3) is 0 Å². The lowest BCUT2D eigenvalue weighted by Crippen LogP contribution is -2.33. The first kappa shape index (κ1) is 11.0. The third-order valence-corrected chi connectivity index (χ3v) is 2.32. The van der Waals surface area contributed by atoms with E-state index in [2.05, 4.69) is 4.52 Å². The van der Waals surface area contributed by atoms with E-state index in [0.29, 0.717) is 0 Å². The Bertz CT molecular complexity index is 198. The summed E-state index contributed by atoms with van der Waals surface area (Å²) in [5, 5.41) is 18.5. The lowest BCUT2D eigenvalue weighted by atomic mass is 10.1. The van der Waals surface area contributed by atoms with E-state index in [0.717, 1.165) is 0 Å². The van der Waals surface area contributed by atoms with Gasteiger partial charge in [0.2, 0.25) is 0 Å². The molecule has 0 aliphatic carbocycles. The van der Waals surface area contributed by atoms with Crippen LogP contribution >= 0.6 is 8.25 Å². The summed E-state index contributed by atoms with van der Waals surface area (Å²) >= 11 is 0. The first-order valence-electron chi connectivity index (χ1n) is 3.83. The summed E-state index contributed by atoms with van der Waals surface area (Å²) in [6, 6.07) is 0. The summed E-state index contributed by atoms with van der Waals surface area (Å²) in [4.78, 5) is 8.32. The zero-order chi connectivity index (χ0) is 10.0. The molecule has 0 spiro atoms. The summed E-state index contributed by atoms with van der Waals surface area (Å²) in [5.74, 6) is 0. The number of ether oxygens (including phenoxy) is 1. The fraction of sp³-hybridized carbons (Fsp3) is 1.00. The third kappa shape index (κ3) is 2.67. The second-order valence-electron chi connectivity index (χ2n) is 2.89. The number of aliphatic hydroxyl groups is 2. The van der Waals surface area contributed by atoms with Crippen LogP contribution in [-0.4, -0.2) is 46.1 Å². The van der Waals surface area contributed by atoms with Crippen LogP contribution in [-0.2, 0) is 13.8 Å². The van der Waals surface area contributed by atoms with Crippen molar-refractivity contribution in [3.05, 3.63) is 0 Å². The highest BCUT2D eigenvalue weighted by molar-refractivity contribution is 7.32. The molecular weight excluding hydrogens is 199 g/mol. The van der Waals surface area contributed by atoms with E-state index >= 15 is 0 Å². The molecule has 1 heterocycles. The number of aliphatic hydroxyl groups excluding tert-OH is 2. The Morgan fingerprint density at radius 3 is 2.46 bits per heavy atom. The summed E-state index contributed by atoms with van der Waals surface area (Å²) in [6.45, 7) is 1.40. The Morgan fingerprint density at radius 1 is 1.46 bits per heavy atom. The van der Waals surface area contributed by atoms with Gasteiger partial charge in [0.05, 0.1) is 6.10 Å². The molecule has 13 heavy (non-hydrogen) atoms. The average Bonchev–Trinajstić information content (AvgIpc) is 2.29. The molecule has 0 saturated carbocycles. The van der Waals surface area contributed by atoms with Crippen molar-refractivity contribution in [1.82, 2.24) is 0 Å². The van der Waals surface area contributed by atoms with Crippen molar-refractivity contribution in [2.45, 2.75) is 31.3 Å². The molecule has 1 aliphatic heterocycles. The molecule has 0 aromatic heterocycles. The predicted octanol–water partition coefficient (Wildman–Crippen LogP) is -0.838. The minimum Gasteiger partial charge on any atom is -0.388 e. The maximum absolute atomic E-state index is 10.2. The Balaban J connectivity index is 2.40. The molecule has 0 aromatic rings. The van der Waals surface area contributed by atoms with Gasteiger partial charge in [-0.1, -0.05) is 0 Å². The van der Waals surface area contributed by atoms with Crippen LogP contribution in [0.15, 0.2) is 0 Å². The lowest BCUT2D eigenvalue weighted by molar-refractivity contribution is -0.0114. The maximum atomic E-state index is 10.2. The largest absolute Gasteiger partial charge is 0.694 e. The van der Waals surface area contributed by atoms with E-state index in [1.54, 1.807) is 6.92 Å². The van der Waals surface area contributed by atoms with E-state index in [9.17, 15) is 14.8 Å². The summed E-state index contributed by atoms with van der Waals surface area (Å²) < 4.78 is 19.6. The standard InChI is InChI=1S/C6H11O6P/c1-3-5(7)6(8)4(12-3)2-11-13(9)10/h3-8H,2H2,1H3/p+1/t3-,4+,5-,6+/m0/s1. The van der Waals surface area contributed by atoms with E-state index in [1.165, 1.54) is 0 Å². The molecule has 1 unspecified atom stereocenters. The molecule has 1 rings (SSSR count).